The smallest absolute Gasteiger partial charge is 0.246 e. The van der Waals surface area contributed by atoms with E-state index in [4.69, 9.17) is 0 Å². The molecule has 0 unspecified atom stereocenters. The molecule has 0 radical (unpaired) electrons. The molecule has 2 aromatic rings. The lowest BCUT2D eigenvalue weighted by Crippen LogP contribution is -2.44. The van der Waals surface area contributed by atoms with Gasteiger partial charge in [-0.1, -0.05) is 48.5 Å². The van der Waals surface area contributed by atoms with E-state index < -0.39 is 0 Å². The Balaban J connectivity index is 1.78. The van der Waals surface area contributed by atoms with Crippen LogP contribution in [0.2, 0.25) is 0 Å². The molecule has 0 bridgehead atoms. The molecule has 0 spiro atoms. The SMILES string of the molecule is O=C1CCCCN1CC(=O)N(Cc1ccccc1)c1ccccc1. The fraction of sp³-hybridized carbons (Fsp3) is 0.300. The Morgan fingerprint density at radius 2 is 1.62 bits per heavy atom. The number of piperidine rings is 1. The molecule has 0 aliphatic carbocycles. The fourth-order valence-electron chi connectivity index (χ4n) is 2.97. The Hall–Kier alpha value is -2.62. The van der Waals surface area contributed by atoms with Crippen LogP contribution in [-0.4, -0.2) is 29.8 Å². The summed E-state index contributed by atoms with van der Waals surface area (Å²) >= 11 is 0. The summed E-state index contributed by atoms with van der Waals surface area (Å²) < 4.78 is 0. The van der Waals surface area contributed by atoms with Gasteiger partial charge in [0.15, 0.2) is 0 Å². The van der Waals surface area contributed by atoms with Crippen molar-refractivity contribution in [3.8, 4) is 0 Å². The number of benzene rings is 2. The molecular formula is C20H22N2O2. The Morgan fingerprint density at radius 1 is 0.958 bits per heavy atom. The van der Waals surface area contributed by atoms with Gasteiger partial charge in [0, 0.05) is 18.7 Å². The fourth-order valence-corrected chi connectivity index (χ4v) is 2.97. The second kappa shape index (κ2) is 7.77. The maximum absolute atomic E-state index is 12.9. The van der Waals surface area contributed by atoms with Gasteiger partial charge in [-0.3, -0.25) is 9.59 Å². The highest BCUT2D eigenvalue weighted by Crippen LogP contribution is 2.18. The van der Waals surface area contributed by atoms with Crippen LogP contribution >= 0.6 is 0 Å². The number of carbonyl (C=O) groups excluding carboxylic acids is 2. The number of hydrogen-bond acceptors (Lipinski definition) is 2. The quantitative estimate of drug-likeness (QED) is 0.848. The highest BCUT2D eigenvalue weighted by molar-refractivity contribution is 5.96. The number of amides is 2. The van der Waals surface area contributed by atoms with Crippen molar-refractivity contribution < 1.29 is 9.59 Å². The second-order valence-electron chi connectivity index (χ2n) is 6.07. The van der Waals surface area contributed by atoms with E-state index in [1.807, 2.05) is 60.7 Å². The Bertz CT molecular complexity index is 685. The number of nitrogens with zero attached hydrogens (tertiary/aromatic N) is 2. The molecule has 24 heavy (non-hydrogen) atoms. The lowest BCUT2D eigenvalue weighted by Gasteiger charge is -2.30. The van der Waals surface area contributed by atoms with Crippen molar-refractivity contribution in [1.29, 1.82) is 0 Å². The monoisotopic (exact) mass is 322 g/mol. The molecule has 4 nitrogen and oxygen atoms in total. The van der Waals surface area contributed by atoms with E-state index in [0.29, 0.717) is 19.5 Å². The number of carbonyl (C=O) groups is 2. The average molecular weight is 322 g/mol. The highest BCUT2D eigenvalue weighted by Gasteiger charge is 2.24. The van der Waals surface area contributed by atoms with Gasteiger partial charge in [0.1, 0.15) is 6.54 Å². The van der Waals surface area contributed by atoms with Crippen LogP contribution in [0.15, 0.2) is 60.7 Å². The maximum atomic E-state index is 12.9. The lowest BCUT2D eigenvalue weighted by atomic mass is 10.1. The minimum Gasteiger partial charge on any atom is -0.333 e. The van der Waals surface area contributed by atoms with Crippen LogP contribution < -0.4 is 4.90 Å². The zero-order chi connectivity index (χ0) is 16.8. The molecule has 2 aromatic carbocycles. The Kier molecular flexibility index (Phi) is 5.26. The van der Waals surface area contributed by atoms with E-state index >= 15 is 0 Å². The molecule has 1 saturated heterocycles. The maximum Gasteiger partial charge on any atom is 0.246 e. The third-order valence-electron chi connectivity index (χ3n) is 4.30. The van der Waals surface area contributed by atoms with E-state index in [9.17, 15) is 9.59 Å². The van der Waals surface area contributed by atoms with Gasteiger partial charge in [0.2, 0.25) is 11.8 Å². The van der Waals surface area contributed by atoms with Crippen molar-refractivity contribution in [3.63, 3.8) is 0 Å². The zero-order valence-electron chi connectivity index (χ0n) is 13.7. The molecule has 0 aromatic heterocycles. The summed E-state index contributed by atoms with van der Waals surface area (Å²) in [5.74, 6) is 0.0441. The summed E-state index contributed by atoms with van der Waals surface area (Å²) in [6, 6.07) is 19.6. The van der Waals surface area contributed by atoms with Crippen LogP contribution in [0.4, 0.5) is 5.69 Å². The number of anilines is 1. The molecule has 3 rings (SSSR count). The number of rotatable bonds is 5. The molecule has 124 valence electrons. The van der Waals surface area contributed by atoms with Crippen molar-refractivity contribution in [2.75, 3.05) is 18.0 Å². The number of likely N-dealkylation sites (tertiary alicyclic amines) is 1. The summed E-state index contributed by atoms with van der Waals surface area (Å²) in [4.78, 5) is 28.3. The van der Waals surface area contributed by atoms with Gasteiger partial charge in [0.05, 0.1) is 6.54 Å². The van der Waals surface area contributed by atoms with Crippen LogP contribution in [0.3, 0.4) is 0 Å². The van der Waals surface area contributed by atoms with Crippen molar-refractivity contribution in [2.24, 2.45) is 0 Å². The second-order valence-corrected chi connectivity index (χ2v) is 6.07. The minimum absolute atomic E-state index is 0.0414. The molecule has 1 fully saturated rings. The summed E-state index contributed by atoms with van der Waals surface area (Å²) in [6.07, 6.45) is 2.45. The van der Waals surface area contributed by atoms with E-state index in [1.54, 1.807) is 9.80 Å². The van der Waals surface area contributed by atoms with Crippen molar-refractivity contribution in [1.82, 2.24) is 4.90 Å². The molecule has 4 heteroatoms. The van der Waals surface area contributed by atoms with Gasteiger partial charge in [-0.2, -0.15) is 0 Å². The first-order chi connectivity index (χ1) is 11.7. The first-order valence-corrected chi connectivity index (χ1v) is 8.41. The van der Waals surface area contributed by atoms with Gasteiger partial charge in [-0.25, -0.2) is 0 Å². The topological polar surface area (TPSA) is 40.6 Å². The summed E-state index contributed by atoms with van der Waals surface area (Å²) in [6.45, 7) is 1.34. The normalized spacial score (nSPS) is 14.5. The molecular weight excluding hydrogens is 300 g/mol. The van der Waals surface area contributed by atoms with Crippen LogP contribution in [-0.2, 0) is 16.1 Å². The lowest BCUT2D eigenvalue weighted by molar-refractivity contribution is -0.137. The minimum atomic E-state index is -0.0414. The standard InChI is InChI=1S/C20H22N2O2/c23-19-13-7-8-14-21(19)16-20(24)22(18-11-5-2-6-12-18)15-17-9-3-1-4-10-17/h1-6,9-12H,7-8,13-16H2. The summed E-state index contributed by atoms with van der Waals surface area (Å²) in [5, 5.41) is 0. The zero-order valence-corrected chi connectivity index (χ0v) is 13.7. The van der Waals surface area contributed by atoms with Crippen LogP contribution in [0.5, 0.6) is 0 Å². The van der Waals surface area contributed by atoms with Gasteiger partial charge >= 0.3 is 0 Å². The Morgan fingerprint density at radius 3 is 2.29 bits per heavy atom. The molecule has 1 aliphatic heterocycles. The number of hydrogen-bond donors (Lipinski definition) is 0. The van der Waals surface area contributed by atoms with Gasteiger partial charge < -0.3 is 9.80 Å². The van der Waals surface area contributed by atoms with Crippen LogP contribution in [0.25, 0.3) is 0 Å². The molecule has 0 atom stereocenters. The Labute approximate surface area is 142 Å². The van der Waals surface area contributed by atoms with Gasteiger partial charge in [0.25, 0.3) is 0 Å². The van der Waals surface area contributed by atoms with Crippen molar-refractivity contribution >= 4 is 17.5 Å². The van der Waals surface area contributed by atoms with E-state index in [1.165, 1.54) is 0 Å². The first-order valence-electron chi connectivity index (χ1n) is 8.41. The molecule has 1 heterocycles. The third-order valence-corrected chi connectivity index (χ3v) is 4.30. The predicted octanol–water partition coefficient (Wildman–Crippen LogP) is 3.23. The van der Waals surface area contributed by atoms with Gasteiger partial charge in [-0.15, -0.1) is 0 Å². The predicted molar refractivity (Wildman–Crippen MR) is 94.5 cm³/mol. The summed E-state index contributed by atoms with van der Waals surface area (Å²) in [7, 11) is 0. The van der Waals surface area contributed by atoms with E-state index in [0.717, 1.165) is 24.1 Å². The molecule has 0 saturated carbocycles. The van der Waals surface area contributed by atoms with Crippen LogP contribution in [0.1, 0.15) is 24.8 Å². The number of para-hydroxylation sites is 1. The van der Waals surface area contributed by atoms with Crippen molar-refractivity contribution in [3.05, 3.63) is 66.2 Å². The van der Waals surface area contributed by atoms with E-state index in [-0.39, 0.29) is 18.4 Å². The largest absolute Gasteiger partial charge is 0.333 e. The molecule has 2 amide bonds. The average Bonchev–Trinajstić information content (AvgIpc) is 2.63. The first kappa shape index (κ1) is 16.2. The van der Waals surface area contributed by atoms with Gasteiger partial charge in [-0.05, 0) is 30.5 Å². The molecule has 0 N–H and O–H groups in total. The highest BCUT2D eigenvalue weighted by atomic mass is 16.2. The molecule has 1 aliphatic rings. The van der Waals surface area contributed by atoms with Crippen molar-refractivity contribution in [2.45, 2.75) is 25.8 Å². The summed E-state index contributed by atoms with van der Waals surface area (Å²) in [5.41, 5.74) is 1.93. The van der Waals surface area contributed by atoms with Crippen LogP contribution in [0, 0.1) is 0 Å². The third kappa shape index (κ3) is 4.02. The van der Waals surface area contributed by atoms with E-state index in [2.05, 4.69) is 0 Å².